The maximum Gasteiger partial charge on any atom is 0.185 e. The lowest BCUT2D eigenvalue weighted by Crippen LogP contribution is -2.57. The van der Waals surface area contributed by atoms with Crippen LogP contribution < -0.4 is 9.80 Å². The van der Waals surface area contributed by atoms with Crippen LogP contribution in [0.1, 0.15) is 13.8 Å². The Morgan fingerprint density at radius 3 is 2.50 bits per heavy atom. The van der Waals surface area contributed by atoms with Gasteiger partial charge in [0.25, 0.3) is 0 Å². The summed E-state index contributed by atoms with van der Waals surface area (Å²) in [5.41, 5.74) is 0. The average molecular weight is 353 g/mol. The molecule has 2 aromatic heterocycles. The second-order valence-electron chi connectivity index (χ2n) is 5.16. The normalized spacial score (nSPS) is 23.1. The van der Waals surface area contributed by atoms with Crippen molar-refractivity contribution >= 4 is 38.2 Å². The number of hydrogen-bond donors (Lipinski definition) is 0. The number of rotatable bonds is 2. The molecule has 0 aromatic carbocycles. The molecule has 0 aliphatic carbocycles. The highest BCUT2D eigenvalue weighted by atomic mass is 79.9. The molecule has 1 aliphatic heterocycles. The fourth-order valence-electron chi connectivity index (χ4n) is 2.79. The number of halogens is 1. The third-order valence-corrected chi connectivity index (χ3v) is 4.85. The predicted octanol–water partition coefficient (Wildman–Crippen LogP) is 3.40. The summed E-state index contributed by atoms with van der Waals surface area (Å²) >= 11 is 5.14. The molecule has 4 nitrogen and oxygen atoms in total. The standard InChI is InChI=1S/C14H17BrN4S/c1-10-8-18(13-4-3-12(15)7-17-13)9-11(2)19(10)14-16-5-6-20-14/h3-7,10-11H,8-9H2,1-2H3/t10-,11+. The molecule has 2 aromatic rings. The molecule has 1 saturated heterocycles. The highest BCUT2D eigenvalue weighted by Crippen LogP contribution is 2.28. The molecule has 0 saturated carbocycles. The zero-order chi connectivity index (χ0) is 14.1. The van der Waals surface area contributed by atoms with E-state index in [9.17, 15) is 0 Å². The summed E-state index contributed by atoms with van der Waals surface area (Å²) in [5.74, 6) is 1.05. The number of anilines is 2. The highest BCUT2D eigenvalue weighted by Gasteiger charge is 2.31. The summed E-state index contributed by atoms with van der Waals surface area (Å²) in [6, 6.07) is 4.97. The summed E-state index contributed by atoms with van der Waals surface area (Å²) in [4.78, 5) is 13.7. The summed E-state index contributed by atoms with van der Waals surface area (Å²) < 4.78 is 1.02. The molecule has 6 heteroatoms. The number of aromatic nitrogens is 2. The first kappa shape index (κ1) is 13.8. The Morgan fingerprint density at radius 2 is 1.95 bits per heavy atom. The number of hydrogen-bond acceptors (Lipinski definition) is 5. The maximum atomic E-state index is 4.51. The van der Waals surface area contributed by atoms with E-state index in [1.165, 1.54) is 0 Å². The Hall–Kier alpha value is -1.14. The fraction of sp³-hybridized carbons (Fsp3) is 0.429. The van der Waals surface area contributed by atoms with Crippen molar-refractivity contribution in [3.05, 3.63) is 34.4 Å². The van der Waals surface area contributed by atoms with E-state index >= 15 is 0 Å². The second-order valence-corrected chi connectivity index (χ2v) is 6.95. The van der Waals surface area contributed by atoms with E-state index in [-0.39, 0.29) is 0 Å². The first-order valence-electron chi connectivity index (χ1n) is 6.69. The van der Waals surface area contributed by atoms with Gasteiger partial charge in [0.15, 0.2) is 5.13 Å². The van der Waals surface area contributed by atoms with Crippen LogP contribution in [0.5, 0.6) is 0 Å². The Kier molecular flexibility index (Phi) is 3.94. The minimum Gasteiger partial charge on any atom is -0.353 e. The minimum absolute atomic E-state index is 0.426. The first-order valence-corrected chi connectivity index (χ1v) is 8.37. The number of nitrogens with zero attached hydrogens (tertiary/aromatic N) is 4. The highest BCUT2D eigenvalue weighted by molar-refractivity contribution is 9.10. The van der Waals surface area contributed by atoms with Gasteiger partial charge in [-0.3, -0.25) is 0 Å². The van der Waals surface area contributed by atoms with Gasteiger partial charge in [-0.05, 0) is 41.9 Å². The van der Waals surface area contributed by atoms with Crippen molar-refractivity contribution in [2.45, 2.75) is 25.9 Å². The van der Waals surface area contributed by atoms with Crippen LogP contribution >= 0.6 is 27.3 Å². The van der Waals surface area contributed by atoms with Crippen molar-refractivity contribution < 1.29 is 0 Å². The van der Waals surface area contributed by atoms with Crippen molar-refractivity contribution in [1.82, 2.24) is 9.97 Å². The minimum atomic E-state index is 0.426. The van der Waals surface area contributed by atoms with E-state index in [4.69, 9.17) is 0 Å². The van der Waals surface area contributed by atoms with Crippen molar-refractivity contribution in [3.8, 4) is 0 Å². The van der Waals surface area contributed by atoms with Gasteiger partial charge in [0.1, 0.15) is 5.82 Å². The van der Waals surface area contributed by atoms with Crippen LogP contribution in [0.2, 0.25) is 0 Å². The van der Waals surface area contributed by atoms with E-state index in [1.807, 2.05) is 23.8 Å². The van der Waals surface area contributed by atoms with Crippen LogP contribution in [0.25, 0.3) is 0 Å². The van der Waals surface area contributed by atoms with Crippen molar-refractivity contribution in [3.63, 3.8) is 0 Å². The second kappa shape index (κ2) is 5.69. The summed E-state index contributed by atoms with van der Waals surface area (Å²) in [7, 11) is 0. The molecule has 0 amide bonds. The van der Waals surface area contributed by atoms with Gasteiger partial charge in [-0.15, -0.1) is 11.3 Å². The van der Waals surface area contributed by atoms with Crippen molar-refractivity contribution in [2.75, 3.05) is 22.9 Å². The smallest absolute Gasteiger partial charge is 0.185 e. The summed E-state index contributed by atoms with van der Waals surface area (Å²) in [6.45, 7) is 6.45. The first-order chi connectivity index (χ1) is 9.65. The van der Waals surface area contributed by atoms with Gasteiger partial charge in [0, 0.05) is 47.4 Å². The molecule has 2 atom stereocenters. The van der Waals surface area contributed by atoms with E-state index < -0.39 is 0 Å². The fourth-order valence-corrected chi connectivity index (χ4v) is 3.87. The lowest BCUT2D eigenvalue weighted by atomic mass is 10.1. The summed E-state index contributed by atoms with van der Waals surface area (Å²) in [6.07, 6.45) is 3.74. The maximum absolute atomic E-state index is 4.51. The quantitative estimate of drug-likeness (QED) is 0.828. The van der Waals surface area contributed by atoms with Crippen molar-refractivity contribution in [1.29, 1.82) is 0 Å². The molecule has 1 fully saturated rings. The SMILES string of the molecule is C[C@@H]1CN(c2ccc(Br)cn2)C[C@H](C)N1c1nccs1. The molecular weight excluding hydrogens is 336 g/mol. The Labute approximate surface area is 131 Å². The Morgan fingerprint density at radius 1 is 1.20 bits per heavy atom. The van der Waals surface area contributed by atoms with Crippen molar-refractivity contribution in [2.24, 2.45) is 0 Å². The number of pyridine rings is 1. The van der Waals surface area contributed by atoms with Gasteiger partial charge >= 0.3 is 0 Å². The predicted molar refractivity (Wildman–Crippen MR) is 87.7 cm³/mol. The van der Waals surface area contributed by atoms with Gasteiger partial charge in [-0.1, -0.05) is 0 Å². The van der Waals surface area contributed by atoms with Crippen LogP contribution in [0.4, 0.5) is 10.9 Å². The Balaban J connectivity index is 1.79. The van der Waals surface area contributed by atoms with E-state index in [1.54, 1.807) is 11.3 Å². The molecule has 1 aliphatic rings. The van der Waals surface area contributed by atoms with Gasteiger partial charge in [0.05, 0.1) is 0 Å². The van der Waals surface area contributed by atoms with Gasteiger partial charge in [0.2, 0.25) is 0 Å². The molecule has 0 bridgehead atoms. The lowest BCUT2D eigenvalue weighted by molar-refractivity contribution is 0.472. The molecule has 3 rings (SSSR count). The van der Waals surface area contributed by atoms with Gasteiger partial charge in [-0.25, -0.2) is 9.97 Å². The monoisotopic (exact) mass is 352 g/mol. The molecule has 0 N–H and O–H groups in total. The average Bonchev–Trinajstić information content (AvgIpc) is 2.92. The molecule has 0 spiro atoms. The van der Waals surface area contributed by atoms with Crippen LogP contribution in [0.3, 0.4) is 0 Å². The topological polar surface area (TPSA) is 32.3 Å². The van der Waals surface area contributed by atoms with Crippen LogP contribution in [0.15, 0.2) is 34.4 Å². The Bertz CT molecular complexity index is 545. The van der Waals surface area contributed by atoms with Crippen LogP contribution in [0, 0.1) is 0 Å². The largest absolute Gasteiger partial charge is 0.353 e. The molecule has 0 radical (unpaired) electrons. The molecule has 3 heterocycles. The third kappa shape index (κ3) is 2.67. The van der Waals surface area contributed by atoms with Gasteiger partial charge in [-0.2, -0.15) is 0 Å². The van der Waals surface area contributed by atoms with Crippen LogP contribution in [-0.2, 0) is 0 Å². The molecular formula is C14H17BrN4S. The van der Waals surface area contributed by atoms with Crippen LogP contribution in [-0.4, -0.2) is 35.1 Å². The van der Waals surface area contributed by atoms with E-state index in [0.717, 1.165) is 28.5 Å². The third-order valence-electron chi connectivity index (χ3n) is 3.59. The molecule has 0 unspecified atom stereocenters. The number of thiazole rings is 1. The van der Waals surface area contributed by atoms with E-state index in [0.29, 0.717) is 12.1 Å². The van der Waals surface area contributed by atoms with E-state index in [2.05, 4.69) is 55.6 Å². The zero-order valence-corrected chi connectivity index (χ0v) is 13.9. The summed E-state index contributed by atoms with van der Waals surface area (Å²) in [5, 5.41) is 3.16. The number of piperazine rings is 1. The van der Waals surface area contributed by atoms with Gasteiger partial charge < -0.3 is 9.80 Å². The lowest BCUT2D eigenvalue weighted by Gasteiger charge is -2.44. The molecule has 106 valence electrons. The molecule has 20 heavy (non-hydrogen) atoms. The zero-order valence-electron chi connectivity index (χ0n) is 11.5.